The third kappa shape index (κ3) is 6.51. The summed E-state index contributed by atoms with van der Waals surface area (Å²) in [6.45, 7) is 0. The van der Waals surface area contributed by atoms with Crippen LogP contribution in [-0.2, 0) is 0 Å². The lowest BCUT2D eigenvalue weighted by molar-refractivity contribution is 0.670. The van der Waals surface area contributed by atoms with E-state index in [1.807, 2.05) is 12.1 Å². The molecular weight excluding hydrogens is 813 g/mol. The molecule has 0 spiro atoms. The van der Waals surface area contributed by atoms with Crippen LogP contribution in [0.15, 0.2) is 259 Å². The highest BCUT2D eigenvalue weighted by Crippen LogP contribution is 2.44. The first kappa shape index (κ1) is 38.5. The molecule has 314 valence electrons. The second-order valence-electron chi connectivity index (χ2n) is 17.2. The van der Waals surface area contributed by atoms with Crippen LogP contribution in [0.5, 0.6) is 0 Å². The van der Waals surface area contributed by atoms with E-state index in [4.69, 9.17) is 4.42 Å². The normalized spacial score (nSPS) is 11.6. The Bertz CT molecular complexity index is 3910. The van der Waals surface area contributed by atoms with Crippen molar-refractivity contribution in [3.8, 4) is 50.2 Å². The van der Waals surface area contributed by atoms with E-state index in [-0.39, 0.29) is 0 Å². The summed E-state index contributed by atoms with van der Waals surface area (Å²) in [5.41, 5.74) is 17.8. The molecule has 0 aliphatic heterocycles. The average Bonchev–Trinajstić information content (AvgIpc) is 3.95. The summed E-state index contributed by atoms with van der Waals surface area (Å²) in [6.07, 6.45) is 0. The van der Waals surface area contributed by atoms with Crippen molar-refractivity contribution >= 4 is 71.6 Å². The van der Waals surface area contributed by atoms with Gasteiger partial charge in [0, 0.05) is 49.6 Å². The molecule has 0 saturated heterocycles. The summed E-state index contributed by atoms with van der Waals surface area (Å²) in [4.78, 5) is 2.39. The lowest BCUT2D eigenvalue weighted by Crippen LogP contribution is -2.11. The van der Waals surface area contributed by atoms with Gasteiger partial charge in [-0.15, -0.1) is 0 Å². The number of furan rings is 1. The van der Waals surface area contributed by atoms with Crippen molar-refractivity contribution < 1.29 is 4.42 Å². The lowest BCUT2D eigenvalue weighted by Gasteiger charge is -2.28. The fraction of sp³-hybridized carbons (Fsp3) is 0. The molecule has 2 heterocycles. The van der Waals surface area contributed by atoms with Crippen molar-refractivity contribution in [3.05, 3.63) is 255 Å². The van der Waals surface area contributed by atoms with Crippen molar-refractivity contribution in [2.24, 2.45) is 0 Å². The molecule has 0 bridgehead atoms. The van der Waals surface area contributed by atoms with E-state index in [1.165, 1.54) is 49.3 Å². The maximum absolute atomic E-state index is 6.48. The number of rotatable bonds is 8. The standard InChI is InChI=1S/C64H42N2O/c1-2-17-50-43(15-1)16-13-23-51(50)44-35-39-48(40-36-44)65(49-41-37-47(38-42-49)54-24-14-25-58-57-22-7-12-30-63(57)67-64(54)58)59-26-8-3-18-52(59)45-31-33-46(34-32-45)53-19-4-9-27-60(53)66-61-28-10-5-20-55(61)56-21-6-11-29-62(56)66/h1-42H. The second kappa shape index (κ2) is 16.0. The molecule has 0 radical (unpaired) electrons. The van der Waals surface area contributed by atoms with Crippen LogP contribution in [-0.4, -0.2) is 4.57 Å². The number of benzene rings is 11. The van der Waals surface area contributed by atoms with Crippen LogP contribution in [0.4, 0.5) is 17.1 Å². The molecule has 0 N–H and O–H groups in total. The molecule has 67 heavy (non-hydrogen) atoms. The number of fused-ring (bicyclic) bond motifs is 7. The van der Waals surface area contributed by atoms with Gasteiger partial charge >= 0.3 is 0 Å². The molecule has 2 aromatic heterocycles. The summed E-state index contributed by atoms with van der Waals surface area (Å²) in [6, 6.07) is 91.9. The Hall–Kier alpha value is -8.92. The summed E-state index contributed by atoms with van der Waals surface area (Å²) in [7, 11) is 0. The van der Waals surface area contributed by atoms with Gasteiger partial charge in [0.25, 0.3) is 0 Å². The highest BCUT2D eigenvalue weighted by Gasteiger charge is 2.20. The third-order valence-corrected chi connectivity index (χ3v) is 13.4. The van der Waals surface area contributed by atoms with Crippen molar-refractivity contribution in [1.29, 1.82) is 0 Å². The number of hydrogen-bond donors (Lipinski definition) is 0. The topological polar surface area (TPSA) is 21.3 Å². The smallest absolute Gasteiger partial charge is 0.143 e. The quantitative estimate of drug-likeness (QED) is 0.152. The van der Waals surface area contributed by atoms with Crippen LogP contribution >= 0.6 is 0 Å². The Morgan fingerprint density at radius 2 is 0.746 bits per heavy atom. The van der Waals surface area contributed by atoms with E-state index in [0.717, 1.165) is 72.5 Å². The fourth-order valence-electron chi connectivity index (χ4n) is 10.3. The van der Waals surface area contributed by atoms with Gasteiger partial charge in [0.2, 0.25) is 0 Å². The molecule has 0 atom stereocenters. The molecule has 13 rings (SSSR count). The molecule has 3 nitrogen and oxygen atoms in total. The molecule has 3 heteroatoms. The zero-order valence-electron chi connectivity index (χ0n) is 36.6. The first-order chi connectivity index (χ1) is 33.2. The Kier molecular flexibility index (Phi) is 9.17. The van der Waals surface area contributed by atoms with Crippen LogP contribution in [0.1, 0.15) is 0 Å². The minimum atomic E-state index is 0.900. The molecule has 0 aliphatic carbocycles. The first-order valence-electron chi connectivity index (χ1n) is 22.9. The molecule has 0 amide bonds. The van der Waals surface area contributed by atoms with Gasteiger partial charge in [-0.05, 0) is 93.2 Å². The number of nitrogens with zero attached hydrogens (tertiary/aromatic N) is 2. The maximum Gasteiger partial charge on any atom is 0.143 e. The zero-order valence-corrected chi connectivity index (χ0v) is 36.6. The van der Waals surface area contributed by atoms with Gasteiger partial charge in [-0.2, -0.15) is 0 Å². The number of anilines is 3. The van der Waals surface area contributed by atoms with Gasteiger partial charge in [-0.25, -0.2) is 0 Å². The summed E-state index contributed by atoms with van der Waals surface area (Å²) in [5, 5.41) is 7.25. The third-order valence-electron chi connectivity index (χ3n) is 13.4. The Balaban J connectivity index is 0.916. The molecule has 13 aromatic rings. The van der Waals surface area contributed by atoms with E-state index in [9.17, 15) is 0 Å². The Morgan fingerprint density at radius 3 is 1.46 bits per heavy atom. The average molecular weight is 855 g/mol. The SMILES string of the molecule is c1ccc(N(c2ccc(-c3cccc4ccccc34)cc2)c2ccc(-c3cccc4c3oc3ccccc34)cc2)c(-c2ccc(-c3ccccc3-n3c4ccccc4c4ccccc43)cc2)c1. The largest absolute Gasteiger partial charge is 0.455 e. The van der Waals surface area contributed by atoms with Crippen molar-refractivity contribution in [2.45, 2.75) is 0 Å². The van der Waals surface area contributed by atoms with E-state index < -0.39 is 0 Å². The van der Waals surface area contributed by atoms with E-state index in [2.05, 4.69) is 252 Å². The van der Waals surface area contributed by atoms with E-state index in [1.54, 1.807) is 0 Å². The number of hydrogen-bond acceptors (Lipinski definition) is 2. The van der Waals surface area contributed by atoms with Crippen LogP contribution in [0, 0.1) is 0 Å². The summed E-state index contributed by atoms with van der Waals surface area (Å²) < 4.78 is 8.89. The van der Waals surface area contributed by atoms with Gasteiger partial charge in [-0.1, -0.05) is 200 Å². The van der Waals surface area contributed by atoms with Gasteiger partial charge in [0.1, 0.15) is 11.2 Å². The molecule has 0 unspecified atom stereocenters. The van der Waals surface area contributed by atoms with Crippen molar-refractivity contribution in [1.82, 2.24) is 4.57 Å². The summed E-state index contributed by atoms with van der Waals surface area (Å²) >= 11 is 0. The van der Waals surface area contributed by atoms with E-state index in [0.29, 0.717) is 0 Å². The van der Waals surface area contributed by atoms with Gasteiger partial charge in [0.15, 0.2) is 0 Å². The lowest BCUT2D eigenvalue weighted by atomic mass is 9.96. The maximum atomic E-state index is 6.48. The van der Waals surface area contributed by atoms with Crippen LogP contribution < -0.4 is 4.90 Å². The Labute approximate surface area is 388 Å². The van der Waals surface area contributed by atoms with Crippen molar-refractivity contribution in [3.63, 3.8) is 0 Å². The molecule has 0 saturated carbocycles. The van der Waals surface area contributed by atoms with Gasteiger partial charge in [0.05, 0.1) is 22.4 Å². The molecule has 0 aliphatic rings. The second-order valence-corrected chi connectivity index (χ2v) is 17.2. The predicted octanol–water partition coefficient (Wildman–Crippen LogP) is 18.0. The fourth-order valence-corrected chi connectivity index (χ4v) is 10.3. The minimum Gasteiger partial charge on any atom is -0.455 e. The van der Waals surface area contributed by atoms with Gasteiger partial charge < -0.3 is 13.9 Å². The van der Waals surface area contributed by atoms with Crippen LogP contribution in [0.25, 0.3) is 105 Å². The predicted molar refractivity (Wildman–Crippen MR) is 282 cm³/mol. The van der Waals surface area contributed by atoms with E-state index >= 15 is 0 Å². The van der Waals surface area contributed by atoms with Gasteiger partial charge in [-0.3, -0.25) is 0 Å². The first-order valence-corrected chi connectivity index (χ1v) is 22.9. The van der Waals surface area contributed by atoms with Crippen molar-refractivity contribution in [2.75, 3.05) is 4.90 Å². The summed E-state index contributed by atoms with van der Waals surface area (Å²) in [5.74, 6) is 0. The number of para-hydroxylation sites is 6. The highest BCUT2D eigenvalue weighted by molar-refractivity contribution is 6.11. The van der Waals surface area contributed by atoms with Crippen LogP contribution in [0.3, 0.4) is 0 Å². The zero-order chi connectivity index (χ0) is 44.3. The Morgan fingerprint density at radius 1 is 0.299 bits per heavy atom. The highest BCUT2D eigenvalue weighted by atomic mass is 16.3. The molecule has 0 fully saturated rings. The van der Waals surface area contributed by atoms with Crippen LogP contribution in [0.2, 0.25) is 0 Å². The number of aromatic nitrogens is 1. The monoisotopic (exact) mass is 854 g/mol. The molecule has 11 aromatic carbocycles. The molecular formula is C64H42N2O. The minimum absolute atomic E-state index is 0.900.